The fourth-order valence-electron chi connectivity index (χ4n) is 2.99. The number of hydrogen-bond donors (Lipinski definition) is 0. The van der Waals surface area contributed by atoms with Crippen molar-refractivity contribution in [1.82, 2.24) is 4.90 Å². The summed E-state index contributed by atoms with van der Waals surface area (Å²) < 4.78 is 9.59. The van der Waals surface area contributed by atoms with Crippen LogP contribution in [0.4, 0.5) is 0 Å². The number of methoxy groups -OCH3 is 2. The standard InChI is InChI=1S/C18H23NO4/c1-13(14-8-5-4-6-9-14)19-11-7-10-16(19)15(18(21)23-3)12-17(20)22-2/h4-6,8-9,13H,7,10-12H2,1-3H3/b16-15+/t13-/m1/s1. The zero-order valence-electron chi connectivity index (χ0n) is 13.9. The number of hydrogen-bond acceptors (Lipinski definition) is 5. The van der Waals surface area contributed by atoms with Crippen molar-refractivity contribution in [3.8, 4) is 0 Å². The van der Waals surface area contributed by atoms with Crippen LogP contribution in [-0.4, -0.2) is 37.6 Å². The van der Waals surface area contributed by atoms with Crippen LogP contribution >= 0.6 is 0 Å². The molecule has 1 aliphatic rings. The molecule has 0 N–H and O–H groups in total. The van der Waals surface area contributed by atoms with Crippen molar-refractivity contribution < 1.29 is 19.1 Å². The van der Waals surface area contributed by atoms with Gasteiger partial charge in [-0.3, -0.25) is 4.79 Å². The lowest BCUT2D eigenvalue weighted by Crippen LogP contribution is -2.25. The Bertz CT molecular complexity index is 594. The molecule has 1 aliphatic heterocycles. The largest absolute Gasteiger partial charge is 0.469 e. The molecule has 0 radical (unpaired) electrons. The number of nitrogens with zero attached hydrogens (tertiary/aromatic N) is 1. The van der Waals surface area contributed by atoms with Crippen LogP contribution in [0.3, 0.4) is 0 Å². The van der Waals surface area contributed by atoms with Crippen molar-refractivity contribution >= 4 is 11.9 Å². The van der Waals surface area contributed by atoms with Crippen molar-refractivity contribution in [3.63, 3.8) is 0 Å². The maximum atomic E-state index is 12.1. The van der Waals surface area contributed by atoms with E-state index in [1.165, 1.54) is 19.8 Å². The predicted molar refractivity (Wildman–Crippen MR) is 86.5 cm³/mol. The lowest BCUT2D eigenvalue weighted by Gasteiger charge is -2.29. The van der Waals surface area contributed by atoms with E-state index in [9.17, 15) is 9.59 Å². The zero-order chi connectivity index (χ0) is 16.8. The third-order valence-electron chi connectivity index (χ3n) is 4.24. The summed E-state index contributed by atoms with van der Waals surface area (Å²) in [6.45, 7) is 2.96. The van der Waals surface area contributed by atoms with E-state index in [-0.39, 0.29) is 12.5 Å². The molecule has 0 unspecified atom stereocenters. The van der Waals surface area contributed by atoms with E-state index in [1.54, 1.807) is 0 Å². The van der Waals surface area contributed by atoms with Crippen LogP contribution in [0, 0.1) is 0 Å². The molecule has 1 atom stereocenters. The van der Waals surface area contributed by atoms with Crippen LogP contribution in [0.5, 0.6) is 0 Å². The first kappa shape index (κ1) is 17.1. The first-order valence-electron chi connectivity index (χ1n) is 7.77. The third-order valence-corrected chi connectivity index (χ3v) is 4.24. The summed E-state index contributed by atoms with van der Waals surface area (Å²) in [4.78, 5) is 26.0. The van der Waals surface area contributed by atoms with Crippen molar-refractivity contribution in [2.24, 2.45) is 0 Å². The summed E-state index contributed by atoms with van der Waals surface area (Å²) in [5.74, 6) is -0.894. The molecule has 0 aliphatic carbocycles. The molecule has 0 bridgehead atoms. The molecule has 2 rings (SSSR count). The van der Waals surface area contributed by atoms with Crippen LogP contribution in [0.15, 0.2) is 41.6 Å². The van der Waals surface area contributed by atoms with Crippen LogP contribution < -0.4 is 0 Å². The zero-order valence-corrected chi connectivity index (χ0v) is 13.9. The summed E-state index contributed by atoms with van der Waals surface area (Å²) in [6, 6.07) is 10.2. The van der Waals surface area contributed by atoms with Gasteiger partial charge in [-0.15, -0.1) is 0 Å². The van der Waals surface area contributed by atoms with Crippen LogP contribution in [-0.2, 0) is 19.1 Å². The number of benzene rings is 1. The average molecular weight is 317 g/mol. The van der Waals surface area contributed by atoms with Gasteiger partial charge >= 0.3 is 11.9 Å². The van der Waals surface area contributed by atoms with Gasteiger partial charge in [0, 0.05) is 12.2 Å². The van der Waals surface area contributed by atoms with E-state index in [0.29, 0.717) is 5.57 Å². The molecule has 0 spiro atoms. The average Bonchev–Trinajstić information content (AvgIpc) is 3.08. The van der Waals surface area contributed by atoms with Crippen molar-refractivity contribution in [2.45, 2.75) is 32.2 Å². The summed E-state index contributed by atoms with van der Waals surface area (Å²) in [5, 5.41) is 0. The Morgan fingerprint density at radius 2 is 1.87 bits per heavy atom. The summed E-state index contributed by atoms with van der Waals surface area (Å²) in [6.07, 6.45) is 1.66. The lowest BCUT2D eigenvalue weighted by molar-refractivity contribution is -0.143. The van der Waals surface area contributed by atoms with Crippen molar-refractivity contribution in [3.05, 3.63) is 47.2 Å². The fraction of sp³-hybridized carbons (Fsp3) is 0.444. The third kappa shape index (κ3) is 3.92. The molecule has 0 saturated carbocycles. The minimum absolute atomic E-state index is 0.0590. The van der Waals surface area contributed by atoms with Gasteiger partial charge in [-0.05, 0) is 25.3 Å². The predicted octanol–water partition coefficient (Wildman–Crippen LogP) is 2.83. The van der Waals surface area contributed by atoms with Crippen molar-refractivity contribution in [2.75, 3.05) is 20.8 Å². The van der Waals surface area contributed by atoms with E-state index in [4.69, 9.17) is 9.47 Å². The maximum absolute atomic E-state index is 12.1. The van der Waals surface area contributed by atoms with E-state index in [0.717, 1.165) is 25.1 Å². The van der Waals surface area contributed by atoms with Crippen LogP contribution in [0.1, 0.15) is 37.8 Å². The van der Waals surface area contributed by atoms with Crippen LogP contribution in [0.2, 0.25) is 0 Å². The Kier molecular flexibility index (Phi) is 5.79. The monoisotopic (exact) mass is 317 g/mol. The number of allylic oxidation sites excluding steroid dienone is 1. The van der Waals surface area contributed by atoms with E-state index in [2.05, 4.69) is 24.0 Å². The SMILES string of the molecule is COC(=O)C/C(C(=O)OC)=C1/CCCN1[C@H](C)c1ccccc1. The Labute approximate surface area is 136 Å². The Morgan fingerprint density at radius 1 is 1.17 bits per heavy atom. The highest BCUT2D eigenvalue weighted by Crippen LogP contribution is 2.34. The van der Waals surface area contributed by atoms with E-state index >= 15 is 0 Å². The molecular formula is C18H23NO4. The van der Waals surface area contributed by atoms with Gasteiger partial charge in [-0.25, -0.2) is 4.79 Å². The van der Waals surface area contributed by atoms with Gasteiger partial charge in [0.05, 0.1) is 32.3 Å². The molecule has 1 aromatic carbocycles. The fourth-order valence-corrected chi connectivity index (χ4v) is 2.99. The molecule has 1 aromatic rings. The number of ether oxygens (including phenoxy) is 2. The molecule has 1 saturated heterocycles. The molecule has 5 nitrogen and oxygen atoms in total. The lowest BCUT2D eigenvalue weighted by atomic mass is 10.0. The quantitative estimate of drug-likeness (QED) is 0.617. The number of esters is 2. The Balaban J connectivity index is 2.35. The molecule has 23 heavy (non-hydrogen) atoms. The summed E-state index contributed by atoms with van der Waals surface area (Å²) in [7, 11) is 2.65. The number of carbonyl (C=O) groups excluding carboxylic acids is 2. The van der Waals surface area contributed by atoms with Crippen LogP contribution in [0.25, 0.3) is 0 Å². The first-order valence-corrected chi connectivity index (χ1v) is 7.77. The topological polar surface area (TPSA) is 55.8 Å². The van der Waals surface area contributed by atoms with Gasteiger partial charge in [0.25, 0.3) is 0 Å². The second-order valence-corrected chi connectivity index (χ2v) is 5.55. The molecule has 5 heteroatoms. The highest BCUT2D eigenvalue weighted by Gasteiger charge is 2.30. The normalized spacial score (nSPS) is 17.6. The van der Waals surface area contributed by atoms with Gasteiger partial charge < -0.3 is 14.4 Å². The molecule has 124 valence electrons. The Morgan fingerprint density at radius 3 is 2.48 bits per heavy atom. The molecule has 0 aromatic heterocycles. The smallest absolute Gasteiger partial charge is 0.336 e. The summed E-state index contributed by atoms with van der Waals surface area (Å²) in [5.41, 5.74) is 2.47. The Hall–Kier alpha value is -2.30. The van der Waals surface area contributed by atoms with Gasteiger partial charge in [0.15, 0.2) is 0 Å². The van der Waals surface area contributed by atoms with E-state index in [1.807, 2.05) is 18.2 Å². The number of carbonyl (C=O) groups is 2. The molecule has 0 amide bonds. The first-order chi connectivity index (χ1) is 11.1. The molecular weight excluding hydrogens is 294 g/mol. The van der Waals surface area contributed by atoms with E-state index < -0.39 is 11.9 Å². The summed E-state index contributed by atoms with van der Waals surface area (Å²) >= 11 is 0. The maximum Gasteiger partial charge on any atom is 0.336 e. The van der Waals surface area contributed by atoms with Gasteiger partial charge in [0.2, 0.25) is 0 Å². The van der Waals surface area contributed by atoms with Gasteiger partial charge in [0.1, 0.15) is 0 Å². The molecule has 1 heterocycles. The van der Waals surface area contributed by atoms with Gasteiger partial charge in [-0.2, -0.15) is 0 Å². The minimum Gasteiger partial charge on any atom is -0.469 e. The highest BCUT2D eigenvalue weighted by atomic mass is 16.5. The second kappa shape index (κ2) is 7.81. The van der Waals surface area contributed by atoms with Crippen molar-refractivity contribution in [1.29, 1.82) is 0 Å². The number of rotatable bonds is 5. The second-order valence-electron chi connectivity index (χ2n) is 5.55. The highest BCUT2D eigenvalue weighted by molar-refractivity contribution is 5.94. The number of likely N-dealkylation sites (tertiary alicyclic amines) is 1. The minimum atomic E-state index is -0.461. The van der Waals surface area contributed by atoms with Gasteiger partial charge in [-0.1, -0.05) is 30.3 Å². The molecule has 1 fully saturated rings.